The summed E-state index contributed by atoms with van der Waals surface area (Å²) in [6.07, 6.45) is 3.14. The van der Waals surface area contributed by atoms with Gasteiger partial charge in [0.2, 0.25) is 0 Å². The van der Waals surface area contributed by atoms with Crippen molar-refractivity contribution in [1.82, 2.24) is 5.32 Å². The molecule has 2 rings (SSSR count). The molecule has 1 unspecified atom stereocenters. The Morgan fingerprint density at radius 2 is 2.40 bits per heavy atom. The summed E-state index contributed by atoms with van der Waals surface area (Å²) in [6.45, 7) is 2.56. The minimum atomic E-state index is -0.405. The third-order valence-corrected chi connectivity index (χ3v) is 3.17. The van der Waals surface area contributed by atoms with Crippen LogP contribution in [0.1, 0.15) is 29.6 Å². The van der Waals surface area contributed by atoms with Crippen LogP contribution in [0.15, 0.2) is 24.3 Å². The fraction of sp³-hybridized carbons (Fsp3) is 0.533. The number of amides is 1. The molecule has 4 nitrogen and oxygen atoms in total. The van der Waals surface area contributed by atoms with Crippen molar-refractivity contribution in [3.05, 3.63) is 35.6 Å². The number of hydrogen-bond donors (Lipinski definition) is 1. The Morgan fingerprint density at radius 3 is 3.15 bits per heavy atom. The van der Waals surface area contributed by atoms with Crippen LogP contribution in [-0.2, 0) is 9.47 Å². The van der Waals surface area contributed by atoms with Gasteiger partial charge >= 0.3 is 0 Å². The van der Waals surface area contributed by atoms with Gasteiger partial charge in [-0.2, -0.15) is 0 Å². The van der Waals surface area contributed by atoms with E-state index >= 15 is 0 Å². The third-order valence-electron chi connectivity index (χ3n) is 3.17. The molecular weight excluding hydrogens is 261 g/mol. The van der Waals surface area contributed by atoms with Gasteiger partial charge in [0, 0.05) is 25.3 Å². The van der Waals surface area contributed by atoms with Gasteiger partial charge in [-0.25, -0.2) is 4.39 Å². The van der Waals surface area contributed by atoms with Gasteiger partial charge in [0.15, 0.2) is 0 Å². The molecule has 20 heavy (non-hydrogen) atoms. The molecule has 0 spiro atoms. The van der Waals surface area contributed by atoms with Gasteiger partial charge in [0.25, 0.3) is 5.91 Å². The Labute approximate surface area is 118 Å². The lowest BCUT2D eigenvalue weighted by Crippen LogP contribution is -2.25. The SMILES string of the molecule is O=C(NCCCOCC1CCCO1)c1cccc(F)c1. The lowest BCUT2D eigenvalue weighted by molar-refractivity contribution is 0.0166. The minimum absolute atomic E-state index is 0.233. The van der Waals surface area contributed by atoms with Crippen LogP contribution in [0.5, 0.6) is 0 Å². The van der Waals surface area contributed by atoms with Crippen molar-refractivity contribution in [2.75, 3.05) is 26.4 Å². The maximum Gasteiger partial charge on any atom is 0.251 e. The number of nitrogens with one attached hydrogen (secondary N) is 1. The number of ether oxygens (including phenoxy) is 2. The quantitative estimate of drug-likeness (QED) is 0.779. The van der Waals surface area contributed by atoms with Crippen molar-refractivity contribution >= 4 is 5.91 Å². The molecule has 1 amide bonds. The lowest BCUT2D eigenvalue weighted by Gasteiger charge is -2.10. The maximum absolute atomic E-state index is 13.0. The van der Waals surface area contributed by atoms with Crippen molar-refractivity contribution < 1.29 is 18.7 Å². The Morgan fingerprint density at radius 1 is 1.50 bits per heavy atom. The molecule has 1 fully saturated rings. The van der Waals surface area contributed by atoms with Crippen LogP contribution in [0, 0.1) is 5.82 Å². The molecule has 0 bridgehead atoms. The van der Waals surface area contributed by atoms with Gasteiger partial charge in [-0.05, 0) is 37.5 Å². The standard InChI is InChI=1S/C15H20FNO3/c16-13-5-1-4-12(10-13)15(18)17-7-3-8-19-11-14-6-2-9-20-14/h1,4-5,10,14H,2-3,6-9,11H2,(H,17,18). The van der Waals surface area contributed by atoms with E-state index in [0.29, 0.717) is 25.3 Å². The van der Waals surface area contributed by atoms with Crippen LogP contribution in [0.2, 0.25) is 0 Å². The number of rotatable bonds is 7. The van der Waals surface area contributed by atoms with E-state index in [4.69, 9.17) is 9.47 Å². The molecule has 1 atom stereocenters. The van der Waals surface area contributed by atoms with Crippen LogP contribution >= 0.6 is 0 Å². The first-order valence-electron chi connectivity index (χ1n) is 6.99. The van der Waals surface area contributed by atoms with E-state index in [9.17, 15) is 9.18 Å². The number of halogens is 1. The normalized spacial score (nSPS) is 18.1. The highest BCUT2D eigenvalue weighted by atomic mass is 19.1. The van der Waals surface area contributed by atoms with E-state index in [0.717, 1.165) is 25.9 Å². The van der Waals surface area contributed by atoms with Gasteiger partial charge in [0.05, 0.1) is 12.7 Å². The van der Waals surface area contributed by atoms with E-state index < -0.39 is 5.82 Å². The van der Waals surface area contributed by atoms with Gasteiger partial charge in [-0.1, -0.05) is 6.07 Å². The summed E-state index contributed by atoms with van der Waals surface area (Å²) in [7, 11) is 0. The second-order valence-corrected chi connectivity index (χ2v) is 4.83. The molecule has 0 aromatic heterocycles. The van der Waals surface area contributed by atoms with E-state index in [1.807, 2.05) is 0 Å². The molecule has 1 aromatic carbocycles. The predicted octanol–water partition coefficient (Wildman–Crippen LogP) is 2.14. The third kappa shape index (κ3) is 4.90. The van der Waals surface area contributed by atoms with Crippen molar-refractivity contribution in [1.29, 1.82) is 0 Å². The molecule has 1 aliphatic heterocycles. The molecule has 5 heteroatoms. The Kier molecular flexibility index (Phi) is 5.95. The van der Waals surface area contributed by atoms with Crippen LogP contribution in [-0.4, -0.2) is 38.4 Å². The first-order valence-corrected chi connectivity index (χ1v) is 6.99. The van der Waals surface area contributed by atoms with E-state index in [2.05, 4.69) is 5.32 Å². The second kappa shape index (κ2) is 7.97. The molecule has 110 valence electrons. The highest BCUT2D eigenvalue weighted by Crippen LogP contribution is 2.11. The smallest absolute Gasteiger partial charge is 0.251 e. The van der Waals surface area contributed by atoms with Gasteiger partial charge in [-0.3, -0.25) is 4.79 Å². The summed E-state index contributed by atoms with van der Waals surface area (Å²) < 4.78 is 23.9. The summed E-state index contributed by atoms with van der Waals surface area (Å²) in [5, 5.41) is 2.74. The summed E-state index contributed by atoms with van der Waals surface area (Å²) in [5.74, 6) is -0.666. The molecule has 0 aliphatic carbocycles. The first kappa shape index (κ1) is 14.9. The molecule has 1 N–H and O–H groups in total. The summed E-state index contributed by atoms with van der Waals surface area (Å²) in [6, 6.07) is 5.65. The van der Waals surface area contributed by atoms with Crippen LogP contribution in [0.4, 0.5) is 4.39 Å². The highest BCUT2D eigenvalue weighted by molar-refractivity contribution is 5.94. The zero-order valence-electron chi connectivity index (χ0n) is 11.4. The molecule has 1 saturated heterocycles. The fourth-order valence-corrected chi connectivity index (χ4v) is 2.10. The Balaban J connectivity index is 1.55. The number of benzene rings is 1. The topological polar surface area (TPSA) is 47.6 Å². The van der Waals surface area contributed by atoms with Crippen molar-refractivity contribution in [2.24, 2.45) is 0 Å². The monoisotopic (exact) mass is 281 g/mol. The lowest BCUT2D eigenvalue weighted by atomic mass is 10.2. The number of hydrogen-bond acceptors (Lipinski definition) is 3. The van der Waals surface area contributed by atoms with Crippen LogP contribution in [0.3, 0.4) is 0 Å². The first-order chi connectivity index (χ1) is 9.75. The molecular formula is C15H20FNO3. The Bertz CT molecular complexity index is 433. The molecule has 0 saturated carbocycles. The summed E-state index contributed by atoms with van der Waals surface area (Å²) in [5.41, 5.74) is 0.338. The zero-order valence-corrected chi connectivity index (χ0v) is 11.4. The van der Waals surface area contributed by atoms with E-state index in [-0.39, 0.29) is 12.0 Å². The zero-order chi connectivity index (χ0) is 14.2. The average Bonchev–Trinajstić information content (AvgIpc) is 2.95. The van der Waals surface area contributed by atoms with Crippen LogP contribution in [0.25, 0.3) is 0 Å². The molecule has 1 aliphatic rings. The number of carbonyl (C=O) groups is 1. The predicted molar refractivity (Wildman–Crippen MR) is 73.1 cm³/mol. The molecule has 1 aromatic rings. The average molecular weight is 281 g/mol. The van der Waals surface area contributed by atoms with E-state index in [1.54, 1.807) is 6.07 Å². The fourth-order valence-electron chi connectivity index (χ4n) is 2.10. The van der Waals surface area contributed by atoms with Gasteiger partial charge in [-0.15, -0.1) is 0 Å². The van der Waals surface area contributed by atoms with Crippen LogP contribution < -0.4 is 5.32 Å². The number of carbonyl (C=O) groups excluding carboxylic acids is 1. The van der Waals surface area contributed by atoms with Crippen molar-refractivity contribution in [3.8, 4) is 0 Å². The largest absolute Gasteiger partial charge is 0.379 e. The summed E-state index contributed by atoms with van der Waals surface area (Å²) >= 11 is 0. The molecule has 0 radical (unpaired) electrons. The second-order valence-electron chi connectivity index (χ2n) is 4.83. The van der Waals surface area contributed by atoms with Gasteiger partial charge < -0.3 is 14.8 Å². The van der Waals surface area contributed by atoms with Gasteiger partial charge in [0.1, 0.15) is 5.82 Å². The Hall–Kier alpha value is -1.46. The highest BCUT2D eigenvalue weighted by Gasteiger charge is 2.14. The van der Waals surface area contributed by atoms with Crippen molar-refractivity contribution in [2.45, 2.75) is 25.4 Å². The molecule has 1 heterocycles. The minimum Gasteiger partial charge on any atom is -0.379 e. The summed E-state index contributed by atoms with van der Waals surface area (Å²) in [4.78, 5) is 11.7. The van der Waals surface area contributed by atoms with E-state index in [1.165, 1.54) is 18.2 Å². The maximum atomic E-state index is 13.0. The van der Waals surface area contributed by atoms with Crippen molar-refractivity contribution in [3.63, 3.8) is 0 Å².